The third-order valence-electron chi connectivity index (χ3n) is 2.68. The normalized spacial score (nSPS) is 11.8. The molecule has 0 aromatic heterocycles. The lowest BCUT2D eigenvalue weighted by molar-refractivity contribution is -0.711. The van der Waals surface area contributed by atoms with Crippen LogP contribution in [-0.2, 0) is 0 Å². The molecule has 0 unspecified atom stereocenters. The molecule has 10 heteroatoms. The van der Waals surface area contributed by atoms with Crippen LogP contribution in [0.3, 0.4) is 0 Å². The third-order valence-corrected chi connectivity index (χ3v) is 4.17. The summed E-state index contributed by atoms with van der Waals surface area (Å²) in [5, 5.41) is 9.89. The molecule has 0 amide bonds. The molecule has 1 aliphatic heterocycles. The molecular weight excluding hydrogens is 380 g/mol. The van der Waals surface area contributed by atoms with Crippen LogP contribution in [0.2, 0.25) is 20.1 Å². The Morgan fingerprint density at radius 3 is 2.05 bits per heavy atom. The predicted octanol–water partition coefficient (Wildman–Crippen LogP) is 5.77. The quantitative estimate of drug-likeness (QED) is 0.415. The summed E-state index contributed by atoms with van der Waals surface area (Å²) >= 11 is 23.6. The van der Waals surface area contributed by atoms with Crippen LogP contribution in [0.1, 0.15) is 0 Å². The zero-order valence-corrected chi connectivity index (χ0v) is 13.3. The fourth-order valence-electron chi connectivity index (χ4n) is 1.79. The molecule has 22 heavy (non-hydrogen) atoms. The summed E-state index contributed by atoms with van der Waals surface area (Å²) in [7, 11) is 0. The van der Waals surface area contributed by atoms with Gasteiger partial charge in [0.1, 0.15) is 0 Å². The Labute approximate surface area is 143 Å². The highest BCUT2D eigenvalue weighted by Gasteiger charge is 2.28. The van der Waals surface area contributed by atoms with Crippen molar-refractivity contribution in [2.75, 3.05) is 0 Å². The molecule has 0 fully saturated rings. The minimum Gasteiger partial charge on any atom is -0.449 e. The van der Waals surface area contributed by atoms with Crippen LogP contribution in [0, 0.1) is 10.1 Å². The molecule has 1 aliphatic rings. The third kappa shape index (κ3) is 2.59. The van der Waals surface area contributed by atoms with Crippen LogP contribution in [0.15, 0.2) is 18.2 Å². The van der Waals surface area contributed by atoms with E-state index in [0.29, 0.717) is 0 Å². The first-order chi connectivity index (χ1) is 10.4. The summed E-state index contributed by atoms with van der Waals surface area (Å²) in [5.41, 5.74) is 0. The van der Waals surface area contributed by atoms with Gasteiger partial charge >= 0.3 is 0 Å². The van der Waals surface area contributed by atoms with Crippen molar-refractivity contribution >= 4 is 46.4 Å². The van der Waals surface area contributed by atoms with Crippen molar-refractivity contribution in [1.29, 1.82) is 0 Å². The van der Waals surface area contributed by atoms with E-state index in [1.807, 2.05) is 0 Å². The van der Waals surface area contributed by atoms with Gasteiger partial charge in [0, 0.05) is 18.2 Å². The molecule has 1 heterocycles. The van der Waals surface area contributed by atoms with Gasteiger partial charge in [-0.3, -0.25) is 4.84 Å². The number of hydrogen-bond acceptors (Lipinski definition) is 5. The molecule has 0 aliphatic carbocycles. The van der Waals surface area contributed by atoms with Gasteiger partial charge in [-0.1, -0.05) is 46.4 Å². The Hall–Kier alpha value is -1.60. The zero-order valence-electron chi connectivity index (χ0n) is 10.2. The largest absolute Gasteiger partial charge is 0.449 e. The monoisotopic (exact) mass is 381 g/mol. The van der Waals surface area contributed by atoms with Gasteiger partial charge in [0.05, 0.1) is 20.1 Å². The zero-order chi connectivity index (χ0) is 16.0. The van der Waals surface area contributed by atoms with E-state index < -0.39 is 5.09 Å². The number of hydrogen-bond donors (Lipinski definition) is 0. The summed E-state index contributed by atoms with van der Waals surface area (Å²) in [6, 6.07) is 4.19. The van der Waals surface area contributed by atoms with Crippen LogP contribution < -0.4 is 14.3 Å². The molecule has 0 radical (unpaired) electrons. The predicted molar refractivity (Wildman–Crippen MR) is 80.7 cm³/mol. The van der Waals surface area contributed by atoms with Gasteiger partial charge in [-0.25, -0.2) is 0 Å². The van der Waals surface area contributed by atoms with Crippen molar-refractivity contribution in [2.24, 2.45) is 0 Å². The Kier molecular flexibility index (Phi) is 3.86. The first-order valence-electron chi connectivity index (χ1n) is 5.56. The van der Waals surface area contributed by atoms with Crippen LogP contribution in [0.5, 0.6) is 28.7 Å². The lowest BCUT2D eigenvalue weighted by atomic mass is 10.2. The molecule has 0 saturated carbocycles. The first-order valence-corrected chi connectivity index (χ1v) is 7.07. The Morgan fingerprint density at radius 2 is 1.45 bits per heavy atom. The molecule has 2 aromatic carbocycles. The van der Waals surface area contributed by atoms with E-state index in [9.17, 15) is 10.1 Å². The number of fused-ring (bicyclic) bond motifs is 2. The smallest absolute Gasteiger partial charge is 0.299 e. The second-order valence-corrected chi connectivity index (χ2v) is 5.66. The van der Waals surface area contributed by atoms with Crippen molar-refractivity contribution in [3.05, 3.63) is 48.4 Å². The van der Waals surface area contributed by atoms with E-state index in [1.54, 1.807) is 0 Å². The van der Waals surface area contributed by atoms with Crippen LogP contribution >= 0.6 is 46.4 Å². The number of rotatable bonds is 2. The fraction of sp³-hybridized carbons (Fsp3) is 0. The lowest BCUT2D eigenvalue weighted by Crippen LogP contribution is -2.08. The molecule has 0 bridgehead atoms. The number of halogens is 4. The SMILES string of the molecule is O=[N+]([O-])Oc1c(Cl)c(Cl)cc2c1Oc1cc(Cl)c(Cl)cc1O2. The Morgan fingerprint density at radius 1 is 0.909 bits per heavy atom. The topological polar surface area (TPSA) is 70.8 Å². The van der Waals surface area contributed by atoms with Crippen molar-refractivity contribution < 1.29 is 19.4 Å². The maximum atomic E-state index is 10.6. The van der Waals surface area contributed by atoms with Crippen molar-refractivity contribution in [3.8, 4) is 28.7 Å². The maximum Gasteiger partial charge on any atom is 0.299 e. The van der Waals surface area contributed by atoms with Crippen LogP contribution in [-0.4, -0.2) is 5.09 Å². The van der Waals surface area contributed by atoms with Crippen molar-refractivity contribution in [1.82, 2.24) is 0 Å². The highest BCUT2D eigenvalue weighted by Crippen LogP contribution is 2.55. The molecule has 0 saturated heterocycles. The van der Waals surface area contributed by atoms with E-state index >= 15 is 0 Å². The maximum absolute atomic E-state index is 10.6. The Balaban J connectivity index is 2.15. The average molecular weight is 383 g/mol. The molecule has 0 atom stereocenters. The van der Waals surface area contributed by atoms with E-state index in [1.165, 1.54) is 18.2 Å². The van der Waals surface area contributed by atoms with Gasteiger partial charge in [-0.2, -0.15) is 0 Å². The first kappa shape index (κ1) is 15.3. The molecule has 114 valence electrons. The molecule has 6 nitrogen and oxygen atoms in total. The summed E-state index contributed by atoms with van der Waals surface area (Å²) < 4.78 is 11.1. The van der Waals surface area contributed by atoms with Gasteiger partial charge < -0.3 is 9.47 Å². The van der Waals surface area contributed by atoms with Gasteiger partial charge in [0.15, 0.2) is 23.0 Å². The minimum absolute atomic E-state index is 0.00405. The summed E-state index contributed by atoms with van der Waals surface area (Å²) in [5.74, 6) is 0.112. The van der Waals surface area contributed by atoms with Crippen LogP contribution in [0.25, 0.3) is 0 Å². The van der Waals surface area contributed by atoms with E-state index in [-0.39, 0.29) is 48.8 Å². The summed E-state index contributed by atoms with van der Waals surface area (Å²) in [6.07, 6.45) is 0. The second kappa shape index (κ2) is 5.55. The van der Waals surface area contributed by atoms with Gasteiger partial charge in [0.25, 0.3) is 5.09 Å². The summed E-state index contributed by atoms with van der Waals surface area (Å²) in [6.45, 7) is 0. The van der Waals surface area contributed by atoms with Gasteiger partial charge in [0.2, 0.25) is 5.75 Å². The fourth-order valence-corrected chi connectivity index (χ4v) is 2.46. The molecule has 0 spiro atoms. The van der Waals surface area contributed by atoms with Crippen molar-refractivity contribution in [3.63, 3.8) is 0 Å². The van der Waals surface area contributed by atoms with E-state index in [4.69, 9.17) is 55.9 Å². The molecule has 2 aromatic rings. The minimum atomic E-state index is -1.04. The average Bonchev–Trinajstić information content (AvgIpc) is 2.44. The number of nitrogens with zero attached hydrogens (tertiary/aromatic N) is 1. The van der Waals surface area contributed by atoms with Crippen LogP contribution in [0.4, 0.5) is 0 Å². The highest BCUT2D eigenvalue weighted by atomic mass is 35.5. The number of benzene rings is 2. The van der Waals surface area contributed by atoms with Crippen molar-refractivity contribution in [2.45, 2.75) is 0 Å². The van der Waals surface area contributed by atoms with E-state index in [2.05, 4.69) is 4.84 Å². The molecular formula is C12H3Cl4NO5. The second-order valence-electron chi connectivity index (χ2n) is 4.06. The summed E-state index contributed by atoms with van der Waals surface area (Å²) in [4.78, 5) is 15.0. The highest BCUT2D eigenvalue weighted by molar-refractivity contribution is 6.43. The Bertz CT molecular complexity index is 811. The standard InChI is InChI=1S/C12H3Cl4NO5/c13-4-1-7-8(2-5(4)14)21-11-9(20-7)3-6(15)10(16)12(11)22-17(18)19/h1-3H. The van der Waals surface area contributed by atoms with Gasteiger partial charge in [-0.15, -0.1) is 10.1 Å². The molecule has 0 N–H and O–H groups in total. The van der Waals surface area contributed by atoms with E-state index in [0.717, 1.165) is 0 Å². The lowest BCUT2D eigenvalue weighted by Gasteiger charge is -2.23. The number of ether oxygens (including phenoxy) is 2. The molecule has 3 rings (SSSR count). The van der Waals surface area contributed by atoms with Gasteiger partial charge in [-0.05, 0) is 0 Å².